The first-order valence-corrected chi connectivity index (χ1v) is 6.40. The maximum absolute atomic E-state index is 6.28. The first-order chi connectivity index (χ1) is 7.11. The smallest absolute Gasteiger partial charge is 0.0595 e. The van der Waals surface area contributed by atoms with Crippen LogP contribution in [0.2, 0.25) is 5.02 Å². The van der Waals surface area contributed by atoms with Crippen LogP contribution in [0.3, 0.4) is 0 Å². The van der Waals surface area contributed by atoms with Crippen molar-refractivity contribution in [3.05, 3.63) is 33.3 Å². The van der Waals surface area contributed by atoms with Crippen LogP contribution >= 0.6 is 27.5 Å². The van der Waals surface area contributed by atoms with Gasteiger partial charge in [-0.05, 0) is 40.5 Å². The standard InChI is InChI=1S/C12H17BrClN/c1-4-8(2)12(15-3)9-6-5-7-10(13)11(9)14/h5-8,12,15H,4H2,1-3H3. The molecule has 0 heterocycles. The van der Waals surface area contributed by atoms with Crippen molar-refractivity contribution in [2.45, 2.75) is 26.3 Å². The van der Waals surface area contributed by atoms with Crippen LogP contribution in [0.5, 0.6) is 0 Å². The van der Waals surface area contributed by atoms with Gasteiger partial charge in [0.2, 0.25) is 0 Å². The van der Waals surface area contributed by atoms with Crippen LogP contribution in [0, 0.1) is 5.92 Å². The first-order valence-electron chi connectivity index (χ1n) is 5.23. The molecule has 1 nitrogen and oxygen atoms in total. The molecule has 2 unspecified atom stereocenters. The van der Waals surface area contributed by atoms with Crippen LogP contribution in [-0.4, -0.2) is 7.05 Å². The third-order valence-corrected chi connectivity index (χ3v) is 4.15. The zero-order chi connectivity index (χ0) is 11.4. The lowest BCUT2D eigenvalue weighted by molar-refractivity contribution is 0.400. The number of halogens is 2. The molecule has 3 heteroatoms. The maximum Gasteiger partial charge on any atom is 0.0595 e. The second kappa shape index (κ2) is 5.88. The molecule has 0 radical (unpaired) electrons. The van der Waals surface area contributed by atoms with E-state index in [1.807, 2.05) is 19.2 Å². The van der Waals surface area contributed by atoms with Crippen molar-refractivity contribution in [1.29, 1.82) is 0 Å². The van der Waals surface area contributed by atoms with Gasteiger partial charge in [-0.1, -0.05) is 44.0 Å². The number of rotatable bonds is 4. The third kappa shape index (κ3) is 2.96. The molecule has 2 atom stereocenters. The van der Waals surface area contributed by atoms with Crippen molar-refractivity contribution in [1.82, 2.24) is 5.32 Å². The van der Waals surface area contributed by atoms with Crippen molar-refractivity contribution in [3.8, 4) is 0 Å². The van der Waals surface area contributed by atoms with E-state index in [9.17, 15) is 0 Å². The Morgan fingerprint density at radius 2 is 2.13 bits per heavy atom. The molecule has 0 aliphatic carbocycles. The summed E-state index contributed by atoms with van der Waals surface area (Å²) in [5.74, 6) is 0.571. The molecule has 0 amide bonds. The molecular weight excluding hydrogens is 273 g/mol. The van der Waals surface area contributed by atoms with Gasteiger partial charge in [0, 0.05) is 10.5 Å². The van der Waals surface area contributed by atoms with Gasteiger partial charge in [0.1, 0.15) is 0 Å². The lowest BCUT2D eigenvalue weighted by Gasteiger charge is -2.24. The maximum atomic E-state index is 6.28. The van der Waals surface area contributed by atoms with E-state index in [4.69, 9.17) is 11.6 Å². The highest BCUT2D eigenvalue weighted by atomic mass is 79.9. The highest BCUT2D eigenvalue weighted by Gasteiger charge is 2.19. The highest BCUT2D eigenvalue weighted by molar-refractivity contribution is 9.10. The van der Waals surface area contributed by atoms with Gasteiger partial charge in [0.25, 0.3) is 0 Å². The summed E-state index contributed by atoms with van der Waals surface area (Å²) < 4.78 is 0.963. The summed E-state index contributed by atoms with van der Waals surface area (Å²) >= 11 is 9.74. The van der Waals surface area contributed by atoms with Gasteiger partial charge < -0.3 is 5.32 Å². The van der Waals surface area contributed by atoms with Crippen LogP contribution < -0.4 is 5.32 Å². The summed E-state index contributed by atoms with van der Waals surface area (Å²) in [7, 11) is 1.98. The van der Waals surface area contributed by atoms with Crippen LogP contribution in [0.15, 0.2) is 22.7 Å². The summed E-state index contributed by atoms with van der Waals surface area (Å²) in [6.45, 7) is 4.43. The summed E-state index contributed by atoms with van der Waals surface area (Å²) in [5.41, 5.74) is 1.17. The van der Waals surface area contributed by atoms with Crippen LogP contribution in [0.25, 0.3) is 0 Å². The number of benzene rings is 1. The number of hydrogen-bond acceptors (Lipinski definition) is 1. The molecule has 84 valence electrons. The van der Waals surface area contributed by atoms with E-state index in [0.717, 1.165) is 15.9 Å². The van der Waals surface area contributed by atoms with Gasteiger partial charge in [0.15, 0.2) is 0 Å². The highest BCUT2D eigenvalue weighted by Crippen LogP contribution is 2.34. The zero-order valence-corrected chi connectivity index (χ0v) is 11.7. The quantitative estimate of drug-likeness (QED) is 0.866. The Bertz CT molecular complexity index is 327. The summed E-state index contributed by atoms with van der Waals surface area (Å²) in [5, 5.41) is 4.15. The normalized spacial score (nSPS) is 15.0. The van der Waals surface area contributed by atoms with Crippen molar-refractivity contribution < 1.29 is 0 Å². The molecule has 0 aliphatic heterocycles. The Morgan fingerprint density at radius 1 is 1.47 bits per heavy atom. The number of hydrogen-bond donors (Lipinski definition) is 1. The zero-order valence-electron chi connectivity index (χ0n) is 9.35. The average molecular weight is 291 g/mol. The molecule has 0 saturated heterocycles. The van der Waals surface area contributed by atoms with Gasteiger partial charge in [-0.15, -0.1) is 0 Å². The van der Waals surface area contributed by atoms with Gasteiger partial charge >= 0.3 is 0 Å². The second-order valence-electron chi connectivity index (χ2n) is 3.79. The largest absolute Gasteiger partial charge is 0.313 e. The topological polar surface area (TPSA) is 12.0 Å². The fourth-order valence-electron chi connectivity index (χ4n) is 1.74. The SMILES string of the molecule is CCC(C)C(NC)c1cccc(Br)c1Cl. The van der Waals surface area contributed by atoms with E-state index in [1.54, 1.807) is 0 Å². The van der Waals surface area contributed by atoms with Crippen LogP contribution in [-0.2, 0) is 0 Å². The fourth-order valence-corrected chi connectivity index (χ4v) is 2.37. The summed E-state index contributed by atoms with van der Waals surface area (Å²) in [6.07, 6.45) is 1.13. The molecule has 0 spiro atoms. The lowest BCUT2D eigenvalue weighted by Crippen LogP contribution is -2.23. The van der Waals surface area contributed by atoms with Gasteiger partial charge in [-0.3, -0.25) is 0 Å². The van der Waals surface area contributed by atoms with E-state index in [1.165, 1.54) is 5.56 Å². The van der Waals surface area contributed by atoms with Crippen LogP contribution in [0.1, 0.15) is 31.9 Å². The Kier molecular flexibility index (Phi) is 5.10. The predicted molar refractivity (Wildman–Crippen MR) is 70.4 cm³/mol. The molecular formula is C12H17BrClN. The average Bonchev–Trinajstić information content (AvgIpc) is 2.24. The molecule has 0 saturated carbocycles. The molecule has 15 heavy (non-hydrogen) atoms. The van der Waals surface area contributed by atoms with Gasteiger partial charge in [-0.2, -0.15) is 0 Å². The minimum Gasteiger partial charge on any atom is -0.313 e. The molecule has 0 bridgehead atoms. The fraction of sp³-hybridized carbons (Fsp3) is 0.500. The minimum atomic E-state index is 0.319. The molecule has 0 aliphatic rings. The predicted octanol–water partition coefficient (Wildman–Crippen LogP) is 4.41. The third-order valence-electron chi connectivity index (χ3n) is 2.84. The van der Waals surface area contributed by atoms with E-state index >= 15 is 0 Å². The Hall–Kier alpha value is -0.0500. The summed E-state index contributed by atoms with van der Waals surface area (Å²) in [6, 6.07) is 6.40. The number of nitrogens with one attached hydrogen (secondary N) is 1. The molecule has 0 fully saturated rings. The molecule has 1 N–H and O–H groups in total. The monoisotopic (exact) mass is 289 g/mol. The van der Waals surface area contributed by atoms with Crippen molar-refractivity contribution >= 4 is 27.5 Å². The summed E-state index contributed by atoms with van der Waals surface area (Å²) in [4.78, 5) is 0. The van der Waals surface area contributed by atoms with E-state index in [-0.39, 0.29) is 0 Å². The first kappa shape index (κ1) is 13.0. The van der Waals surface area contributed by atoms with Crippen molar-refractivity contribution in [3.63, 3.8) is 0 Å². The van der Waals surface area contributed by atoms with E-state index in [2.05, 4.69) is 41.2 Å². The second-order valence-corrected chi connectivity index (χ2v) is 5.03. The molecule has 0 aromatic heterocycles. The van der Waals surface area contributed by atoms with Gasteiger partial charge in [-0.25, -0.2) is 0 Å². The minimum absolute atomic E-state index is 0.319. The van der Waals surface area contributed by atoms with E-state index in [0.29, 0.717) is 12.0 Å². The van der Waals surface area contributed by atoms with Crippen molar-refractivity contribution in [2.75, 3.05) is 7.05 Å². The lowest BCUT2D eigenvalue weighted by atomic mass is 9.93. The molecule has 1 aromatic carbocycles. The van der Waals surface area contributed by atoms with Crippen LogP contribution in [0.4, 0.5) is 0 Å². The molecule has 1 aromatic rings. The Morgan fingerprint density at radius 3 is 2.67 bits per heavy atom. The molecule has 1 rings (SSSR count). The Balaban J connectivity index is 3.07. The van der Waals surface area contributed by atoms with Crippen molar-refractivity contribution in [2.24, 2.45) is 5.92 Å². The van der Waals surface area contributed by atoms with Gasteiger partial charge in [0.05, 0.1) is 5.02 Å². The Labute approximate surface area is 105 Å². The van der Waals surface area contributed by atoms with E-state index < -0.39 is 0 Å².